The number of aryl methyl sites for hydroxylation is 1. The molecule has 144 valence electrons. The highest BCUT2D eigenvalue weighted by Crippen LogP contribution is 2.22. The van der Waals surface area contributed by atoms with Crippen molar-refractivity contribution in [3.8, 4) is 0 Å². The largest absolute Gasteiger partial charge is 0.377 e. The summed E-state index contributed by atoms with van der Waals surface area (Å²) in [6, 6.07) is 8.65. The minimum Gasteiger partial charge on any atom is -0.377 e. The van der Waals surface area contributed by atoms with Gasteiger partial charge in [-0.2, -0.15) is 0 Å². The first kappa shape index (κ1) is 19.3. The van der Waals surface area contributed by atoms with Crippen molar-refractivity contribution in [3.63, 3.8) is 0 Å². The lowest BCUT2D eigenvalue weighted by Crippen LogP contribution is -2.44. The van der Waals surface area contributed by atoms with Gasteiger partial charge in [-0.1, -0.05) is 24.3 Å². The van der Waals surface area contributed by atoms with Crippen LogP contribution in [-0.2, 0) is 16.1 Å². The van der Waals surface area contributed by atoms with Gasteiger partial charge in [0.05, 0.1) is 12.6 Å². The summed E-state index contributed by atoms with van der Waals surface area (Å²) in [6.45, 7) is 8.49. The van der Waals surface area contributed by atoms with E-state index in [9.17, 15) is 4.79 Å². The molecule has 0 aromatic heterocycles. The first-order valence-corrected chi connectivity index (χ1v) is 9.99. The number of likely N-dealkylation sites (tertiary alicyclic amines) is 1. The van der Waals surface area contributed by atoms with Crippen LogP contribution in [0.1, 0.15) is 36.8 Å². The lowest BCUT2D eigenvalue weighted by Gasteiger charge is -2.35. The van der Waals surface area contributed by atoms with Crippen molar-refractivity contribution in [2.45, 2.75) is 45.3 Å². The molecule has 26 heavy (non-hydrogen) atoms. The van der Waals surface area contributed by atoms with Gasteiger partial charge >= 0.3 is 0 Å². The summed E-state index contributed by atoms with van der Waals surface area (Å²) in [4.78, 5) is 16.2. The zero-order valence-electron chi connectivity index (χ0n) is 16.0. The molecule has 0 aliphatic carbocycles. The number of piperidine rings is 1. The van der Waals surface area contributed by atoms with E-state index in [1.165, 1.54) is 24.0 Å². The van der Waals surface area contributed by atoms with E-state index in [-0.39, 0.29) is 12.0 Å². The summed E-state index contributed by atoms with van der Waals surface area (Å²) in [6.07, 6.45) is 4.88. The van der Waals surface area contributed by atoms with Gasteiger partial charge in [0.25, 0.3) is 0 Å². The molecule has 1 amide bonds. The second-order valence-electron chi connectivity index (χ2n) is 7.94. The summed E-state index contributed by atoms with van der Waals surface area (Å²) >= 11 is 0. The SMILES string of the molecule is Cc1ccccc1CN1CCC(CN(CC(N)=O)C[C@H]2CCCO2)CC1. The van der Waals surface area contributed by atoms with Crippen LogP contribution in [0.3, 0.4) is 0 Å². The average molecular weight is 360 g/mol. The molecule has 0 radical (unpaired) electrons. The van der Waals surface area contributed by atoms with Crippen LogP contribution in [0, 0.1) is 12.8 Å². The Balaban J connectivity index is 1.46. The molecular weight excluding hydrogens is 326 g/mol. The second kappa shape index (κ2) is 9.49. The van der Waals surface area contributed by atoms with Crippen molar-refractivity contribution in [1.82, 2.24) is 9.80 Å². The van der Waals surface area contributed by atoms with Gasteiger partial charge in [0.15, 0.2) is 0 Å². The number of amides is 1. The molecule has 0 spiro atoms. The minimum absolute atomic E-state index is 0.236. The summed E-state index contributed by atoms with van der Waals surface area (Å²) in [5.74, 6) is 0.406. The Labute approximate surface area is 157 Å². The fraction of sp³-hybridized carbons (Fsp3) is 0.667. The number of carbonyl (C=O) groups is 1. The number of hydrogen-bond donors (Lipinski definition) is 1. The topological polar surface area (TPSA) is 58.8 Å². The van der Waals surface area contributed by atoms with Gasteiger partial charge in [0.1, 0.15) is 0 Å². The second-order valence-corrected chi connectivity index (χ2v) is 7.94. The van der Waals surface area contributed by atoms with Crippen molar-refractivity contribution in [3.05, 3.63) is 35.4 Å². The Kier molecular flexibility index (Phi) is 7.06. The number of hydrogen-bond acceptors (Lipinski definition) is 4. The molecule has 0 bridgehead atoms. The molecule has 2 heterocycles. The van der Waals surface area contributed by atoms with Gasteiger partial charge in [-0.15, -0.1) is 0 Å². The van der Waals surface area contributed by atoms with Crippen molar-refractivity contribution in [2.24, 2.45) is 11.7 Å². The quantitative estimate of drug-likeness (QED) is 0.773. The molecule has 5 heteroatoms. The Morgan fingerprint density at radius 1 is 1.23 bits per heavy atom. The van der Waals surface area contributed by atoms with Crippen LogP contribution in [0.15, 0.2) is 24.3 Å². The molecular formula is C21H33N3O2. The Morgan fingerprint density at radius 2 is 2.00 bits per heavy atom. The summed E-state index contributed by atoms with van der Waals surface area (Å²) in [5.41, 5.74) is 8.27. The van der Waals surface area contributed by atoms with E-state index >= 15 is 0 Å². The lowest BCUT2D eigenvalue weighted by atomic mass is 9.95. The Morgan fingerprint density at radius 3 is 2.65 bits per heavy atom. The predicted octanol–water partition coefficient (Wildman–Crippen LogP) is 2.17. The minimum atomic E-state index is -0.236. The van der Waals surface area contributed by atoms with Gasteiger partial charge in [0.2, 0.25) is 5.91 Å². The van der Waals surface area contributed by atoms with E-state index in [2.05, 4.69) is 41.0 Å². The van der Waals surface area contributed by atoms with Crippen LogP contribution in [-0.4, -0.2) is 61.1 Å². The average Bonchev–Trinajstić information content (AvgIpc) is 3.11. The zero-order chi connectivity index (χ0) is 18.4. The summed E-state index contributed by atoms with van der Waals surface area (Å²) in [5, 5.41) is 0. The van der Waals surface area contributed by atoms with Crippen LogP contribution in [0.5, 0.6) is 0 Å². The Bertz CT molecular complexity index is 578. The molecule has 1 aromatic rings. The van der Waals surface area contributed by atoms with Gasteiger partial charge in [-0.3, -0.25) is 14.6 Å². The lowest BCUT2D eigenvalue weighted by molar-refractivity contribution is -0.119. The van der Waals surface area contributed by atoms with E-state index in [1.54, 1.807) is 0 Å². The highest BCUT2D eigenvalue weighted by molar-refractivity contribution is 5.75. The highest BCUT2D eigenvalue weighted by Gasteiger charge is 2.25. The standard InChI is InChI=1S/C21H33N3O2/c1-17-5-2-3-6-19(17)14-23-10-8-18(9-11-23)13-24(16-21(22)25)15-20-7-4-12-26-20/h2-3,5-6,18,20H,4,7-16H2,1H3,(H2,22,25)/t20-/m1/s1. The molecule has 2 saturated heterocycles. The van der Waals surface area contributed by atoms with Crippen LogP contribution < -0.4 is 5.73 Å². The highest BCUT2D eigenvalue weighted by atomic mass is 16.5. The first-order valence-electron chi connectivity index (χ1n) is 9.99. The third-order valence-corrected chi connectivity index (χ3v) is 5.74. The molecule has 0 unspecified atom stereocenters. The molecule has 5 nitrogen and oxygen atoms in total. The van der Waals surface area contributed by atoms with E-state index in [0.29, 0.717) is 12.5 Å². The molecule has 2 N–H and O–H groups in total. The number of carbonyl (C=O) groups excluding carboxylic acids is 1. The maximum absolute atomic E-state index is 11.4. The van der Waals surface area contributed by atoms with E-state index in [4.69, 9.17) is 10.5 Å². The van der Waals surface area contributed by atoms with E-state index in [0.717, 1.165) is 52.2 Å². The normalized spacial score (nSPS) is 22.2. The van der Waals surface area contributed by atoms with E-state index < -0.39 is 0 Å². The number of nitrogens with zero attached hydrogens (tertiary/aromatic N) is 2. The number of nitrogens with two attached hydrogens (primary N) is 1. The van der Waals surface area contributed by atoms with Crippen LogP contribution >= 0.6 is 0 Å². The van der Waals surface area contributed by atoms with Crippen molar-refractivity contribution in [2.75, 3.05) is 39.3 Å². The summed E-state index contributed by atoms with van der Waals surface area (Å²) in [7, 11) is 0. The third-order valence-electron chi connectivity index (χ3n) is 5.74. The molecule has 2 aliphatic heterocycles. The van der Waals surface area contributed by atoms with Crippen molar-refractivity contribution in [1.29, 1.82) is 0 Å². The number of benzene rings is 1. The van der Waals surface area contributed by atoms with Crippen LogP contribution in [0.4, 0.5) is 0 Å². The summed E-state index contributed by atoms with van der Waals surface area (Å²) < 4.78 is 5.75. The predicted molar refractivity (Wildman–Crippen MR) is 104 cm³/mol. The van der Waals surface area contributed by atoms with Crippen LogP contribution in [0.2, 0.25) is 0 Å². The fourth-order valence-corrected chi connectivity index (χ4v) is 4.22. The van der Waals surface area contributed by atoms with Gasteiger partial charge in [0, 0.05) is 26.2 Å². The molecule has 0 saturated carbocycles. The maximum Gasteiger partial charge on any atom is 0.231 e. The third kappa shape index (κ3) is 5.79. The van der Waals surface area contributed by atoms with Crippen LogP contribution in [0.25, 0.3) is 0 Å². The number of rotatable bonds is 8. The molecule has 1 aromatic carbocycles. The van der Waals surface area contributed by atoms with Gasteiger partial charge in [-0.25, -0.2) is 0 Å². The fourth-order valence-electron chi connectivity index (χ4n) is 4.22. The maximum atomic E-state index is 11.4. The molecule has 1 atom stereocenters. The number of primary amides is 1. The van der Waals surface area contributed by atoms with E-state index in [1.807, 2.05) is 0 Å². The van der Waals surface area contributed by atoms with Gasteiger partial charge < -0.3 is 10.5 Å². The number of ether oxygens (including phenoxy) is 1. The molecule has 2 aliphatic rings. The monoisotopic (exact) mass is 359 g/mol. The molecule has 2 fully saturated rings. The Hall–Kier alpha value is -1.43. The van der Waals surface area contributed by atoms with Gasteiger partial charge in [-0.05, 0) is 62.7 Å². The first-order chi connectivity index (χ1) is 12.6. The zero-order valence-corrected chi connectivity index (χ0v) is 16.0. The van der Waals surface area contributed by atoms with Crippen molar-refractivity contribution >= 4 is 5.91 Å². The smallest absolute Gasteiger partial charge is 0.231 e. The van der Waals surface area contributed by atoms with Crippen molar-refractivity contribution < 1.29 is 9.53 Å². The molecule has 3 rings (SSSR count).